The van der Waals surface area contributed by atoms with Gasteiger partial charge in [-0.3, -0.25) is 13.9 Å². The van der Waals surface area contributed by atoms with Crippen molar-refractivity contribution < 1.29 is 22.4 Å². The molecule has 11 heteroatoms. The lowest BCUT2D eigenvalue weighted by Crippen LogP contribution is -2.50. The van der Waals surface area contributed by atoms with Crippen molar-refractivity contribution in [1.29, 1.82) is 0 Å². The highest BCUT2D eigenvalue weighted by atomic mass is 35.5. The Bertz CT molecular complexity index is 1080. The summed E-state index contributed by atoms with van der Waals surface area (Å²) in [7, 11) is -2.50. The molecule has 0 fully saturated rings. The van der Waals surface area contributed by atoms with Crippen molar-refractivity contribution in [2.24, 2.45) is 0 Å². The topological polar surface area (TPSA) is 86.8 Å². The summed E-state index contributed by atoms with van der Waals surface area (Å²) in [4.78, 5) is 26.6. The molecule has 0 heterocycles. The summed E-state index contributed by atoms with van der Waals surface area (Å²) in [5.41, 5.74) is 0.514. The van der Waals surface area contributed by atoms with E-state index in [2.05, 4.69) is 5.32 Å². The molecule has 31 heavy (non-hydrogen) atoms. The molecule has 1 N–H and O–H groups in total. The summed E-state index contributed by atoms with van der Waals surface area (Å²) in [6.07, 6.45) is 0.910. The van der Waals surface area contributed by atoms with Gasteiger partial charge in [-0.15, -0.1) is 0 Å². The first-order valence-electron chi connectivity index (χ1n) is 9.12. The summed E-state index contributed by atoms with van der Waals surface area (Å²) in [6, 6.07) is 8.66. The molecule has 0 aliphatic rings. The van der Waals surface area contributed by atoms with Crippen molar-refractivity contribution in [3.63, 3.8) is 0 Å². The van der Waals surface area contributed by atoms with Crippen molar-refractivity contribution >= 4 is 50.7 Å². The van der Waals surface area contributed by atoms with Crippen LogP contribution >= 0.6 is 23.2 Å². The van der Waals surface area contributed by atoms with Crippen LogP contribution in [-0.4, -0.2) is 51.0 Å². The summed E-state index contributed by atoms with van der Waals surface area (Å²) in [6.45, 7) is 0.812. The van der Waals surface area contributed by atoms with E-state index in [9.17, 15) is 22.4 Å². The predicted molar refractivity (Wildman–Crippen MR) is 119 cm³/mol. The summed E-state index contributed by atoms with van der Waals surface area (Å²) in [5.74, 6) is -1.77. The molecule has 0 aliphatic heterocycles. The number of benzene rings is 2. The molecule has 0 radical (unpaired) electrons. The number of sulfonamides is 1. The van der Waals surface area contributed by atoms with Gasteiger partial charge in [0.05, 0.1) is 11.9 Å². The van der Waals surface area contributed by atoms with Crippen molar-refractivity contribution in [2.75, 3.05) is 24.2 Å². The van der Waals surface area contributed by atoms with E-state index in [1.165, 1.54) is 37.1 Å². The quantitative estimate of drug-likeness (QED) is 0.617. The molecule has 2 aromatic carbocycles. The summed E-state index contributed by atoms with van der Waals surface area (Å²) >= 11 is 12.1. The third kappa shape index (κ3) is 6.56. The van der Waals surface area contributed by atoms with Gasteiger partial charge in [-0.2, -0.15) is 0 Å². The van der Waals surface area contributed by atoms with E-state index in [4.69, 9.17) is 23.2 Å². The normalized spacial score (nSPS) is 12.2. The largest absolute Gasteiger partial charge is 0.357 e. The fourth-order valence-electron chi connectivity index (χ4n) is 2.87. The molecule has 2 rings (SSSR count). The van der Waals surface area contributed by atoms with Gasteiger partial charge >= 0.3 is 0 Å². The second-order valence-corrected chi connectivity index (χ2v) is 9.55. The Morgan fingerprint density at radius 3 is 2.39 bits per heavy atom. The molecule has 0 saturated heterocycles. The van der Waals surface area contributed by atoms with E-state index in [1.807, 2.05) is 0 Å². The average molecular weight is 490 g/mol. The third-order valence-electron chi connectivity index (χ3n) is 4.54. The zero-order valence-electron chi connectivity index (χ0n) is 17.1. The zero-order chi connectivity index (χ0) is 23.3. The van der Waals surface area contributed by atoms with E-state index >= 15 is 0 Å². The molecule has 2 amide bonds. The number of carbonyl (C=O) groups excluding carboxylic acids is 2. The number of nitrogens with zero attached hydrogens (tertiary/aromatic N) is 2. The number of halogens is 3. The number of hydrogen-bond acceptors (Lipinski definition) is 4. The first-order chi connectivity index (χ1) is 14.4. The van der Waals surface area contributed by atoms with Crippen LogP contribution in [0.4, 0.5) is 10.1 Å². The van der Waals surface area contributed by atoms with Gasteiger partial charge in [0.1, 0.15) is 18.4 Å². The van der Waals surface area contributed by atoms with Crippen LogP contribution in [-0.2, 0) is 26.2 Å². The number of likely N-dealkylation sites (N-methyl/N-ethyl adjacent to an activating group) is 1. The zero-order valence-corrected chi connectivity index (χ0v) is 19.4. The summed E-state index contributed by atoms with van der Waals surface area (Å²) < 4.78 is 39.1. The van der Waals surface area contributed by atoms with Crippen molar-refractivity contribution in [3.8, 4) is 0 Å². The highest BCUT2D eigenvalue weighted by Gasteiger charge is 2.30. The van der Waals surface area contributed by atoms with Crippen molar-refractivity contribution in [3.05, 3.63) is 63.9 Å². The van der Waals surface area contributed by atoms with E-state index in [0.29, 0.717) is 15.6 Å². The van der Waals surface area contributed by atoms with Crippen LogP contribution in [0.1, 0.15) is 12.5 Å². The lowest BCUT2D eigenvalue weighted by Gasteiger charge is -2.31. The van der Waals surface area contributed by atoms with E-state index in [0.717, 1.165) is 22.7 Å². The second-order valence-electron chi connectivity index (χ2n) is 6.80. The second kappa shape index (κ2) is 10.3. The van der Waals surface area contributed by atoms with Gasteiger partial charge in [-0.05, 0) is 42.8 Å². The Balaban J connectivity index is 2.41. The third-order valence-corrected chi connectivity index (χ3v) is 6.27. The fourth-order valence-corrected chi connectivity index (χ4v) is 4.18. The number of anilines is 1. The van der Waals surface area contributed by atoms with E-state index in [-0.39, 0.29) is 12.2 Å². The molecule has 168 valence electrons. The van der Waals surface area contributed by atoms with Crippen molar-refractivity contribution in [2.45, 2.75) is 19.5 Å². The Morgan fingerprint density at radius 1 is 1.16 bits per heavy atom. The molecule has 0 unspecified atom stereocenters. The first kappa shape index (κ1) is 24.9. The minimum atomic E-state index is -3.93. The minimum Gasteiger partial charge on any atom is -0.357 e. The molecule has 7 nitrogen and oxygen atoms in total. The molecule has 1 atom stereocenters. The molecule has 0 saturated carbocycles. The molecule has 0 spiro atoms. The van der Waals surface area contributed by atoms with Crippen LogP contribution < -0.4 is 9.62 Å². The van der Waals surface area contributed by atoms with Gasteiger partial charge in [-0.25, -0.2) is 12.8 Å². The van der Waals surface area contributed by atoms with Gasteiger partial charge < -0.3 is 10.2 Å². The van der Waals surface area contributed by atoms with Crippen LogP contribution in [0.25, 0.3) is 0 Å². The maximum absolute atomic E-state index is 13.7. The molecule has 2 aromatic rings. The van der Waals surface area contributed by atoms with Crippen LogP contribution in [0.2, 0.25) is 10.0 Å². The Morgan fingerprint density at radius 2 is 1.84 bits per heavy atom. The Kier molecular flexibility index (Phi) is 8.27. The van der Waals surface area contributed by atoms with E-state index < -0.39 is 40.2 Å². The number of rotatable bonds is 8. The SMILES string of the molecule is CNC(=O)[C@H](C)N(Cc1ccc(Cl)cc1Cl)C(=O)CN(c1cccc(F)c1)S(C)(=O)=O. The minimum absolute atomic E-state index is 0.00655. The highest BCUT2D eigenvalue weighted by molar-refractivity contribution is 7.92. The monoisotopic (exact) mass is 489 g/mol. The lowest BCUT2D eigenvalue weighted by atomic mass is 10.1. The van der Waals surface area contributed by atoms with Crippen LogP contribution in [0.15, 0.2) is 42.5 Å². The van der Waals surface area contributed by atoms with E-state index in [1.54, 1.807) is 12.1 Å². The van der Waals surface area contributed by atoms with Gasteiger partial charge in [0, 0.05) is 23.6 Å². The number of hydrogen-bond donors (Lipinski definition) is 1. The molecule has 0 aliphatic carbocycles. The molecule has 0 bridgehead atoms. The summed E-state index contributed by atoms with van der Waals surface area (Å²) in [5, 5.41) is 3.16. The molecule has 0 aromatic heterocycles. The first-order valence-corrected chi connectivity index (χ1v) is 11.7. The smallest absolute Gasteiger partial charge is 0.244 e. The Hall–Kier alpha value is -2.36. The van der Waals surface area contributed by atoms with Crippen LogP contribution in [0.3, 0.4) is 0 Å². The number of nitrogens with one attached hydrogen (secondary N) is 1. The number of carbonyl (C=O) groups is 2. The van der Waals surface area contributed by atoms with Gasteiger partial charge in [0.15, 0.2) is 0 Å². The predicted octanol–water partition coefficient (Wildman–Crippen LogP) is 3.06. The standard InChI is InChI=1S/C20H22Cl2FN3O4S/c1-13(20(28)24-2)25(11-14-7-8-15(21)9-18(14)22)19(27)12-26(31(3,29)30)17-6-4-5-16(23)10-17/h4-10,13H,11-12H2,1-3H3,(H,24,28)/t13-/m0/s1. The maximum atomic E-state index is 13.7. The molecular weight excluding hydrogens is 468 g/mol. The van der Waals surface area contributed by atoms with Gasteiger partial charge in [0.25, 0.3) is 0 Å². The highest BCUT2D eigenvalue weighted by Crippen LogP contribution is 2.24. The lowest BCUT2D eigenvalue weighted by molar-refractivity contribution is -0.139. The van der Waals surface area contributed by atoms with Gasteiger partial charge in [-0.1, -0.05) is 35.3 Å². The Labute approximate surface area is 190 Å². The van der Waals surface area contributed by atoms with Crippen LogP contribution in [0, 0.1) is 5.82 Å². The van der Waals surface area contributed by atoms with Gasteiger partial charge in [0.2, 0.25) is 21.8 Å². The average Bonchev–Trinajstić information content (AvgIpc) is 2.69. The fraction of sp³-hybridized carbons (Fsp3) is 0.300. The van der Waals surface area contributed by atoms with Crippen molar-refractivity contribution in [1.82, 2.24) is 10.2 Å². The molecular formula is C20H22Cl2FN3O4S. The maximum Gasteiger partial charge on any atom is 0.244 e. The van der Waals surface area contributed by atoms with Crippen LogP contribution in [0.5, 0.6) is 0 Å². The number of amides is 2.